The standard InChI is InChI=1S/C9H18N2O2S/c1-9(2,6-11-13)7(5-14-4)8(12)10-3/h6-7,13H,5H2,1-4H3,(H,10,12). The van der Waals surface area contributed by atoms with Crippen LogP contribution in [0.15, 0.2) is 5.16 Å². The van der Waals surface area contributed by atoms with Gasteiger partial charge in [-0.05, 0) is 6.26 Å². The van der Waals surface area contributed by atoms with Gasteiger partial charge in [-0.1, -0.05) is 13.8 Å². The fourth-order valence-electron chi connectivity index (χ4n) is 1.21. The second-order valence-electron chi connectivity index (χ2n) is 3.69. The Kier molecular flexibility index (Phi) is 5.60. The molecule has 4 nitrogen and oxygen atoms in total. The summed E-state index contributed by atoms with van der Waals surface area (Å²) in [5.41, 5.74) is -0.433. The predicted molar refractivity (Wildman–Crippen MR) is 60.0 cm³/mol. The molecule has 0 aromatic heterocycles. The molecule has 5 heteroatoms. The summed E-state index contributed by atoms with van der Waals surface area (Å²) in [5, 5.41) is 14.1. The fraction of sp³-hybridized carbons (Fsp3) is 0.778. The summed E-state index contributed by atoms with van der Waals surface area (Å²) in [4.78, 5) is 11.6. The molecule has 14 heavy (non-hydrogen) atoms. The number of amides is 1. The quantitative estimate of drug-likeness (QED) is 0.414. The number of oxime groups is 1. The zero-order valence-corrected chi connectivity index (χ0v) is 9.89. The minimum atomic E-state index is -0.433. The largest absolute Gasteiger partial charge is 0.411 e. The summed E-state index contributed by atoms with van der Waals surface area (Å²) >= 11 is 1.60. The minimum Gasteiger partial charge on any atom is -0.411 e. The van der Waals surface area contributed by atoms with Crippen molar-refractivity contribution in [2.24, 2.45) is 16.5 Å². The van der Waals surface area contributed by atoms with Crippen LogP contribution < -0.4 is 5.32 Å². The van der Waals surface area contributed by atoms with Gasteiger partial charge in [-0.2, -0.15) is 11.8 Å². The maximum atomic E-state index is 11.6. The Morgan fingerprint density at radius 3 is 2.64 bits per heavy atom. The monoisotopic (exact) mass is 218 g/mol. The van der Waals surface area contributed by atoms with E-state index in [2.05, 4.69) is 10.5 Å². The van der Waals surface area contributed by atoms with Gasteiger partial charge >= 0.3 is 0 Å². The molecular formula is C9H18N2O2S. The first kappa shape index (κ1) is 13.3. The molecule has 0 aliphatic carbocycles. The minimum absolute atomic E-state index is 0.0238. The maximum Gasteiger partial charge on any atom is 0.224 e. The molecule has 0 fully saturated rings. The van der Waals surface area contributed by atoms with E-state index in [1.807, 2.05) is 20.1 Å². The summed E-state index contributed by atoms with van der Waals surface area (Å²) in [5.74, 6) is 0.501. The average molecular weight is 218 g/mol. The second-order valence-corrected chi connectivity index (χ2v) is 4.60. The number of nitrogens with one attached hydrogen (secondary N) is 1. The van der Waals surface area contributed by atoms with E-state index < -0.39 is 5.41 Å². The van der Waals surface area contributed by atoms with Crippen molar-refractivity contribution < 1.29 is 10.0 Å². The van der Waals surface area contributed by atoms with Crippen LogP contribution in [-0.2, 0) is 4.79 Å². The Labute approximate surface area is 89.1 Å². The summed E-state index contributed by atoms with van der Waals surface area (Å²) in [7, 11) is 1.61. The van der Waals surface area contributed by atoms with E-state index in [1.165, 1.54) is 6.21 Å². The van der Waals surface area contributed by atoms with E-state index in [0.717, 1.165) is 0 Å². The van der Waals surface area contributed by atoms with Gasteiger partial charge in [-0.3, -0.25) is 4.79 Å². The van der Waals surface area contributed by atoms with Gasteiger partial charge in [0.05, 0.1) is 5.92 Å². The van der Waals surface area contributed by atoms with Crippen LogP contribution in [-0.4, -0.2) is 36.4 Å². The highest BCUT2D eigenvalue weighted by Crippen LogP contribution is 2.27. The smallest absolute Gasteiger partial charge is 0.224 e. The molecule has 0 aromatic rings. The Bertz CT molecular complexity index is 217. The number of carbonyl (C=O) groups is 1. The Morgan fingerprint density at radius 1 is 1.71 bits per heavy atom. The highest BCUT2D eigenvalue weighted by molar-refractivity contribution is 7.98. The van der Waals surface area contributed by atoms with Crippen molar-refractivity contribution in [2.75, 3.05) is 19.1 Å². The third-order valence-corrected chi connectivity index (χ3v) is 2.85. The van der Waals surface area contributed by atoms with E-state index in [1.54, 1.807) is 18.8 Å². The van der Waals surface area contributed by atoms with E-state index in [-0.39, 0.29) is 11.8 Å². The van der Waals surface area contributed by atoms with Crippen molar-refractivity contribution >= 4 is 23.9 Å². The van der Waals surface area contributed by atoms with Crippen LogP contribution in [0.1, 0.15) is 13.8 Å². The van der Waals surface area contributed by atoms with Crippen molar-refractivity contribution in [1.82, 2.24) is 5.32 Å². The van der Waals surface area contributed by atoms with Crippen LogP contribution in [0.25, 0.3) is 0 Å². The lowest BCUT2D eigenvalue weighted by Crippen LogP contribution is -2.40. The maximum absolute atomic E-state index is 11.6. The third-order valence-electron chi connectivity index (χ3n) is 2.18. The second kappa shape index (κ2) is 5.90. The highest BCUT2D eigenvalue weighted by atomic mass is 32.2. The normalized spacial score (nSPS) is 14.3. The van der Waals surface area contributed by atoms with Crippen LogP contribution >= 0.6 is 11.8 Å². The molecule has 0 saturated heterocycles. The zero-order valence-electron chi connectivity index (χ0n) is 9.07. The lowest BCUT2D eigenvalue weighted by Gasteiger charge is -2.28. The topological polar surface area (TPSA) is 61.7 Å². The van der Waals surface area contributed by atoms with Gasteiger partial charge in [0.25, 0.3) is 0 Å². The third kappa shape index (κ3) is 3.57. The molecule has 1 unspecified atom stereocenters. The first-order valence-corrected chi connectivity index (χ1v) is 5.78. The van der Waals surface area contributed by atoms with Crippen molar-refractivity contribution in [3.8, 4) is 0 Å². The van der Waals surface area contributed by atoms with Crippen LogP contribution in [0.5, 0.6) is 0 Å². The molecule has 0 aromatic carbocycles. The lowest BCUT2D eigenvalue weighted by molar-refractivity contribution is -0.125. The van der Waals surface area contributed by atoms with Crippen molar-refractivity contribution in [2.45, 2.75) is 13.8 Å². The number of hydrogen-bond acceptors (Lipinski definition) is 4. The van der Waals surface area contributed by atoms with Gasteiger partial charge in [-0.15, -0.1) is 5.16 Å². The molecule has 2 N–H and O–H groups in total. The lowest BCUT2D eigenvalue weighted by atomic mass is 9.80. The molecule has 82 valence electrons. The van der Waals surface area contributed by atoms with Crippen molar-refractivity contribution in [3.63, 3.8) is 0 Å². The molecule has 0 heterocycles. The van der Waals surface area contributed by atoms with Gasteiger partial charge in [0, 0.05) is 24.4 Å². The Morgan fingerprint density at radius 2 is 2.29 bits per heavy atom. The number of thioether (sulfide) groups is 1. The van der Waals surface area contributed by atoms with E-state index in [9.17, 15) is 4.79 Å². The molecule has 0 bridgehead atoms. The molecular weight excluding hydrogens is 200 g/mol. The molecule has 1 atom stereocenters. The highest BCUT2D eigenvalue weighted by Gasteiger charge is 2.33. The van der Waals surface area contributed by atoms with Crippen molar-refractivity contribution in [3.05, 3.63) is 0 Å². The summed E-state index contributed by atoms with van der Waals surface area (Å²) in [6.07, 6.45) is 3.35. The SMILES string of the molecule is CNC(=O)C(CSC)C(C)(C)C=NO. The Hall–Kier alpha value is -0.710. The number of nitrogens with zero attached hydrogens (tertiary/aromatic N) is 1. The predicted octanol–water partition coefficient (Wildman–Crippen LogP) is 1.20. The summed E-state index contributed by atoms with van der Waals surface area (Å²) in [6, 6.07) is 0. The van der Waals surface area contributed by atoms with E-state index in [0.29, 0.717) is 5.75 Å². The summed E-state index contributed by atoms with van der Waals surface area (Å²) < 4.78 is 0. The van der Waals surface area contributed by atoms with Crippen LogP contribution in [0, 0.1) is 11.3 Å². The average Bonchev–Trinajstić information content (AvgIpc) is 2.12. The molecule has 0 rings (SSSR count). The molecule has 0 saturated carbocycles. The van der Waals surface area contributed by atoms with E-state index >= 15 is 0 Å². The van der Waals surface area contributed by atoms with Gasteiger partial charge in [-0.25, -0.2) is 0 Å². The van der Waals surface area contributed by atoms with Crippen molar-refractivity contribution in [1.29, 1.82) is 0 Å². The van der Waals surface area contributed by atoms with Crippen LogP contribution in [0.3, 0.4) is 0 Å². The van der Waals surface area contributed by atoms with E-state index in [4.69, 9.17) is 5.21 Å². The first-order chi connectivity index (χ1) is 6.49. The molecule has 0 aliphatic heterocycles. The number of hydrogen-bond donors (Lipinski definition) is 2. The van der Waals surface area contributed by atoms with Gasteiger partial charge in [0.15, 0.2) is 0 Å². The zero-order chi connectivity index (χ0) is 11.2. The molecule has 0 aliphatic rings. The fourth-order valence-corrected chi connectivity index (χ4v) is 2.12. The van der Waals surface area contributed by atoms with Gasteiger partial charge < -0.3 is 10.5 Å². The van der Waals surface area contributed by atoms with Gasteiger partial charge in [0.1, 0.15) is 0 Å². The Balaban J connectivity index is 4.70. The van der Waals surface area contributed by atoms with Crippen LogP contribution in [0.4, 0.5) is 0 Å². The number of rotatable bonds is 5. The molecule has 1 amide bonds. The summed E-state index contributed by atoms with van der Waals surface area (Å²) in [6.45, 7) is 3.76. The van der Waals surface area contributed by atoms with Gasteiger partial charge in [0.2, 0.25) is 5.91 Å². The first-order valence-electron chi connectivity index (χ1n) is 4.38. The van der Waals surface area contributed by atoms with Crippen LogP contribution in [0.2, 0.25) is 0 Å². The molecule has 0 spiro atoms. The molecule has 0 radical (unpaired) electrons. The number of carbonyl (C=O) groups excluding carboxylic acids is 1.